The standard InChI is InChI=1S/C9H12N2/c1-2-4-7-5-3-6-8(10)9(7)11/h2-3,5-6H,1,4,10-11H2. The van der Waals surface area contributed by atoms with Crippen LogP contribution in [0.25, 0.3) is 0 Å². The number of nitrogen functional groups attached to an aromatic ring is 2. The van der Waals surface area contributed by atoms with E-state index in [-0.39, 0.29) is 0 Å². The summed E-state index contributed by atoms with van der Waals surface area (Å²) in [5.41, 5.74) is 13.6. The zero-order chi connectivity index (χ0) is 8.27. The third kappa shape index (κ3) is 1.52. The van der Waals surface area contributed by atoms with Gasteiger partial charge in [0, 0.05) is 0 Å². The predicted octanol–water partition coefficient (Wildman–Crippen LogP) is 1.58. The van der Waals surface area contributed by atoms with Crippen LogP contribution in [0.5, 0.6) is 0 Å². The molecule has 1 aromatic carbocycles. The molecule has 1 rings (SSSR count). The summed E-state index contributed by atoms with van der Waals surface area (Å²) in [5.74, 6) is 0. The molecule has 2 heteroatoms. The van der Waals surface area contributed by atoms with Gasteiger partial charge in [0.05, 0.1) is 11.4 Å². The summed E-state index contributed by atoms with van der Waals surface area (Å²) in [7, 11) is 0. The summed E-state index contributed by atoms with van der Waals surface area (Å²) in [6.07, 6.45) is 2.59. The first-order valence-corrected chi connectivity index (χ1v) is 3.49. The van der Waals surface area contributed by atoms with Crippen LogP contribution in [-0.4, -0.2) is 0 Å². The Balaban J connectivity index is 3.05. The van der Waals surface area contributed by atoms with Crippen LogP contribution in [0.4, 0.5) is 11.4 Å². The molecule has 4 N–H and O–H groups in total. The Bertz CT molecular complexity index is 266. The topological polar surface area (TPSA) is 52.0 Å². The van der Waals surface area contributed by atoms with Crippen molar-refractivity contribution in [2.45, 2.75) is 6.42 Å². The molecule has 0 bridgehead atoms. The Morgan fingerprint density at radius 3 is 2.73 bits per heavy atom. The summed E-state index contributed by atoms with van der Waals surface area (Å²) in [4.78, 5) is 0. The lowest BCUT2D eigenvalue weighted by molar-refractivity contribution is 1.28. The highest BCUT2D eigenvalue weighted by molar-refractivity contribution is 5.67. The number of benzene rings is 1. The Morgan fingerprint density at radius 2 is 2.09 bits per heavy atom. The second-order valence-electron chi connectivity index (χ2n) is 2.41. The van der Waals surface area contributed by atoms with Gasteiger partial charge in [-0.05, 0) is 18.1 Å². The summed E-state index contributed by atoms with van der Waals surface area (Å²) >= 11 is 0. The third-order valence-electron chi connectivity index (χ3n) is 1.59. The highest BCUT2D eigenvalue weighted by Crippen LogP contribution is 2.19. The van der Waals surface area contributed by atoms with Crippen molar-refractivity contribution < 1.29 is 0 Å². The van der Waals surface area contributed by atoms with Gasteiger partial charge in [0.15, 0.2) is 0 Å². The van der Waals surface area contributed by atoms with E-state index in [2.05, 4.69) is 6.58 Å². The fraction of sp³-hybridized carbons (Fsp3) is 0.111. The average Bonchev–Trinajstić information content (AvgIpc) is 1.99. The Kier molecular flexibility index (Phi) is 2.16. The van der Waals surface area contributed by atoms with Gasteiger partial charge in [0.1, 0.15) is 0 Å². The molecule has 58 valence electrons. The number of para-hydroxylation sites is 1. The molecule has 0 aliphatic rings. The van der Waals surface area contributed by atoms with Gasteiger partial charge in [-0.3, -0.25) is 0 Å². The number of hydrogen-bond acceptors (Lipinski definition) is 2. The van der Waals surface area contributed by atoms with Gasteiger partial charge in [0.2, 0.25) is 0 Å². The smallest absolute Gasteiger partial charge is 0.0583 e. The van der Waals surface area contributed by atoms with E-state index in [1.807, 2.05) is 18.2 Å². The zero-order valence-electron chi connectivity index (χ0n) is 6.38. The van der Waals surface area contributed by atoms with Crippen molar-refractivity contribution in [1.29, 1.82) is 0 Å². The lowest BCUT2D eigenvalue weighted by atomic mass is 10.1. The van der Waals surface area contributed by atoms with Crippen LogP contribution in [0.3, 0.4) is 0 Å². The Morgan fingerprint density at radius 1 is 1.36 bits per heavy atom. The third-order valence-corrected chi connectivity index (χ3v) is 1.59. The first-order chi connectivity index (χ1) is 5.25. The van der Waals surface area contributed by atoms with Gasteiger partial charge in [0.25, 0.3) is 0 Å². The molecule has 0 saturated heterocycles. The number of rotatable bonds is 2. The van der Waals surface area contributed by atoms with Crippen molar-refractivity contribution in [3.8, 4) is 0 Å². The maximum Gasteiger partial charge on any atom is 0.0583 e. The van der Waals surface area contributed by atoms with Crippen LogP contribution in [0, 0.1) is 0 Å². The molecule has 11 heavy (non-hydrogen) atoms. The zero-order valence-corrected chi connectivity index (χ0v) is 6.38. The van der Waals surface area contributed by atoms with Crippen molar-refractivity contribution in [2.75, 3.05) is 11.5 Å². The molecule has 0 atom stereocenters. The summed E-state index contributed by atoms with van der Waals surface area (Å²) in [6.45, 7) is 3.63. The predicted molar refractivity (Wildman–Crippen MR) is 49.2 cm³/mol. The van der Waals surface area contributed by atoms with Gasteiger partial charge >= 0.3 is 0 Å². The van der Waals surface area contributed by atoms with Crippen molar-refractivity contribution in [1.82, 2.24) is 0 Å². The van der Waals surface area contributed by atoms with Crippen molar-refractivity contribution in [3.63, 3.8) is 0 Å². The number of nitrogens with two attached hydrogens (primary N) is 2. The molecular weight excluding hydrogens is 136 g/mol. The second-order valence-corrected chi connectivity index (χ2v) is 2.41. The van der Waals surface area contributed by atoms with E-state index in [9.17, 15) is 0 Å². The molecular formula is C9H12N2. The molecule has 0 aliphatic heterocycles. The minimum Gasteiger partial charge on any atom is -0.397 e. The van der Waals surface area contributed by atoms with Crippen LogP contribution >= 0.6 is 0 Å². The Hall–Kier alpha value is -1.44. The lowest BCUT2D eigenvalue weighted by Crippen LogP contribution is -1.98. The first kappa shape index (κ1) is 7.66. The van der Waals surface area contributed by atoms with Crippen LogP contribution in [0.15, 0.2) is 30.9 Å². The fourth-order valence-electron chi connectivity index (χ4n) is 0.966. The van der Waals surface area contributed by atoms with Crippen molar-refractivity contribution >= 4 is 11.4 Å². The van der Waals surface area contributed by atoms with E-state index in [0.29, 0.717) is 11.4 Å². The monoisotopic (exact) mass is 148 g/mol. The maximum absolute atomic E-state index is 5.70. The van der Waals surface area contributed by atoms with E-state index >= 15 is 0 Å². The molecule has 0 amide bonds. The molecule has 0 heterocycles. The van der Waals surface area contributed by atoms with Gasteiger partial charge < -0.3 is 11.5 Å². The minimum absolute atomic E-state index is 0.643. The number of allylic oxidation sites excluding steroid dienone is 1. The number of hydrogen-bond donors (Lipinski definition) is 2. The quantitative estimate of drug-likeness (QED) is 0.494. The molecule has 0 unspecified atom stereocenters. The largest absolute Gasteiger partial charge is 0.397 e. The van der Waals surface area contributed by atoms with Crippen LogP contribution in [0.2, 0.25) is 0 Å². The summed E-state index contributed by atoms with van der Waals surface area (Å²) in [5, 5.41) is 0. The lowest BCUT2D eigenvalue weighted by Gasteiger charge is -2.04. The molecule has 0 spiro atoms. The SMILES string of the molecule is C=CCc1cccc(N)c1N. The van der Waals surface area contributed by atoms with E-state index in [0.717, 1.165) is 12.0 Å². The van der Waals surface area contributed by atoms with Crippen LogP contribution in [0.1, 0.15) is 5.56 Å². The molecule has 2 nitrogen and oxygen atoms in total. The highest BCUT2D eigenvalue weighted by atomic mass is 14.7. The first-order valence-electron chi connectivity index (χ1n) is 3.49. The van der Waals surface area contributed by atoms with Crippen molar-refractivity contribution in [2.24, 2.45) is 0 Å². The molecule has 0 radical (unpaired) electrons. The van der Waals surface area contributed by atoms with Crippen LogP contribution < -0.4 is 11.5 Å². The maximum atomic E-state index is 5.70. The van der Waals surface area contributed by atoms with Gasteiger partial charge in [-0.1, -0.05) is 18.2 Å². The normalized spacial score (nSPS) is 9.45. The molecule has 0 aromatic heterocycles. The minimum atomic E-state index is 0.643. The Labute approximate surface area is 66.5 Å². The highest BCUT2D eigenvalue weighted by Gasteiger charge is 1.98. The van der Waals surface area contributed by atoms with Gasteiger partial charge in [-0.25, -0.2) is 0 Å². The van der Waals surface area contributed by atoms with E-state index in [1.165, 1.54) is 0 Å². The molecule has 1 aromatic rings. The summed E-state index contributed by atoms with van der Waals surface area (Å²) in [6, 6.07) is 5.64. The fourth-order valence-corrected chi connectivity index (χ4v) is 0.966. The van der Waals surface area contributed by atoms with E-state index < -0.39 is 0 Å². The van der Waals surface area contributed by atoms with Gasteiger partial charge in [-0.2, -0.15) is 0 Å². The van der Waals surface area contributed by atoms with Crippen LogP contribution in [-0.2, 0) is 6.42 Å². The molecule has 0 aliphatic carbocycles. The van der Waals surface area contributed by atoms with Gasteiger partial charge in [-0.15, -0.1) is 6.58 Å². The second kappa shape index (κ2) is 3.10. The van der Waals surface area contributed by atoms with Crippen molar-refractivity contribution in [3.05, 3.63) is 36.4 Å². The molecule has 0 saturated carbocycles. The van der Waals surface area contributed by atoms with E-state index in [1.54, 1.807) is 6.07 Å². The molecule has 0 fully saturated rings. The number of anilines is 2. The average molecular weight is 148 g/mol. The van der Waals surface area contributed by atoms with E-state index in [4.69, 9.17) is 11.5 Å². The summed E-state index contributed by atoms with van der Waals surface area (Å²) < 4.78 is 0.